The van der Waals surface area contributed by atoms with Crippen LogP contribution in [0, 0.1) is 12.7 Å². The summed E-state index contributed by atoms with van der Waals surface area (Å²) in [6, 6.07) is 13.1. The average Bonchev–Trinajstić information content (AvgIpc) is 2.98. The number of hydrogen-bond donors (Lipinski definition) is 1. The SMILES string of the molecule is Cc1ccc(C2(C)NC(=O)N(CC(=O)N3CCN(c4ccc(F)cc4)CC3)C2=O)cc1. The molecule has 2 saturated heterocycles. The van der Waals surface area contributed by atoms with Gasteiger partial charge >= 0.3 is 6.03 Å². The molecule has 2 aromatic carbocycles. The van der Waals surface area contributed by atoms with Crippen LogP contribution in [0.4, 0.5) is 14.9 Å². The van der Waals surface area contributed by atoms with Crippen LogP contribution in [0.5, 0.6) is 0 Å². The van der Waals surface area contributed by atoms with Gasteiger partial charge in [0, 0.05) is 31.9 Å². The fourth-order valence-electron chi connectivity index (χ4n) is 4.02. The number of carbonyl (C=O) groups is 3. The van der Waals surface area contributed by atoms with Crippen molar-refractivity contribution in [2.45, 2.75) is 19.4 Å². The topological polar surface area (TPSA) is 73.0 Å². The zero-order valence-electron chi connectivity index (χ0n) is 17.6. The molecule has 2 heterocycles. The summed E-state index contributed by atoms with van der Waals surface area (Å²) in [6.07, 6.45) is 0. The molecule has 2 aliphatic heterocycles. The van der Waals surface area contributed by atoms with Crippen LogP contribution in [-0.4, -0.2) is 60.4 Å². The van der Waals surface area contributed by atoms with E-state index in [1.54, 1.807) is 24.0 Å². The molecule has 8 heteroatoms. The summed E-state index contributed by atoms with van der Waals surface area (Å²) in [5.41, 5.74) is 1.44. The third kappa shape index (κ3) is 3.97. The number of urea groups is 1. The lowest BCUT2D eigenvalue weighted by molar-refractivity contribution is -0.139. The van der Waals surface area contributed by atoms with E-state index < -0.39 is 17.5 Å². The Kier molecular flexibility index (Phi) is 5.39. The van der Waals surface area contributed by atoms with E-state index in [0.29, 0.717) is 31.7 Å². The van der Waals surface area contributed by atoms with Gasteiger partial charge in [0.05, 0.1) is 0 Å². The van der Waals surface area contributed by atoms with Gasteiger partial charge in [0.25, 0.3) is 5.91 Å². The lowest BCUT2D eigenvalue weighted by atomic mass is 9.91. The number of aryl methyl sites for hydroxylation is 1. The van der Waals surface area contributed by atoms with Crippen molar-refractivity contribution in [3.8, 4) is 0 Å². The molecule has 2 fully saturated rings. The van der Waals surface area contributed by atoms with Crippen LogP contribution in [0.25, 0.3) is 0 Å². The Bertz CT molecular complexity index is 1000. The van der Waals surface area contributed by atoms with Crippen molar-refractivity contribution in [3.63, 3.8) is 0 Å². The number of rotatable bonds is 4. The molecule has 31 heavy (non-hydrogen) atoms. The molecule has 0 radical (unpaired) electrons. The molecule has 0 aliphatic carbocycles. The summed E-state index contributed by atoms with van der Waals surface area (Å²) >= 11 is 0. The quantitative estimate of drug-likeness (QED) is 0.765. The molecular weight excluding hydrogens is 399 g/mol. The normalized spacial score (nSPS) is 21.5. The average molecular weight is 424 g/mol. The Labute approximate surface area is 180 Å². The van der Waals surface area contributed by atoms with Crippen LogP contribution >= 0.6 is 0 Å². The van der Waals surface area contributed by atoms with E-state index >= 15 is 0 Å². The van der Waals surface area contributed by atoms with Crippen LogP contribution in [0.3, 0.4) is 0 Å². The largest absolute Gasteiger partial charge is 0.368 e. The Morgan fingerprint density at radius 3 is 2.23 bits per heavy atom. The molecule has 1 N–H and O–H groups in total. The van der Waals surface area contributed by atoms with Gasteiger partial charge in [0.1, 0.15) is 17.9 Å². The van der Waals surface area contributed by atoms with E-state index in [2.05, 4.69) is 10.2 Å². The van der Waals surface area contributed by atoms with Crippen LogP contribution < -0.4 is 10.2 Å². The number of hydrogen-bond acceptors (Lipinski definition) is 4. The zero-order chi connectivity index (χ0) is 22.2. The molecule has 0 saturated carbocycles. The highest BCUT2D eigenvalue weighted by molar-refractivity contribution is 6.09. The third-order valence-electron chi connectivity index (χ3n) is 6.02. The van der Waals surface area contributed by atoms with Gasteiger partial charge in [-0.25, -0.2) is 9.18 Å². The highest BCUT2D eigenvalue weighted by Gasteiger charge is 2.49. The van der Waals surface area contributed by atoms with E-state index in [9.17, 15) is 18.8 Å². The Morgan fingerprint density at radius 2 is 1.61 bits per heavy atom. The van der Waals surface area contributed by atoms with E-state index in [1.165, 1.54) is 12.1 Å². The molecule has 1 atom stereocenters. The number of carbonyl (C=O) groups excluding carboxylic acids is 3. The molecule has 0 spiro atoms. The lowest BCUT2D eigenvalue weighted by Crippen LogP contribution is -2.52. The van der Waals surface area contributed by atoms with Gasteiger partial charge in [0.15, 0.2) is 0 Å². The lowest BCUT2D eigenvalue weighted by Gasteiger charge is -2.36. The van der Waals surface area contributed by atoms with Crippen LogP contribution in [0.15, 0.2) is 48.5 Å². The van der Waals surface area contributed by atoms with Crippen molar-refractivity contribution in [3.05, 3.63) is 65.5 Å². The summed E-state index contributed by atoms with van der Waals surface area (Å²) in [7, 11) is 0. The molecule has 2 aromatic rings. The molecule has 4 amide bonds. The fourth-order valence-corrected chi connectivity index (χ4v) is 4.02. The van der Waals surface area contributed by atoms with Crippen molar-refractivity contribution >= 4 is 23.5 Å². The number of nitrogens with zero attached hydrogens (tertiary/aromatic N) is 3. The van der Waals surface area contributed by atoms with Gasteiger partial charge in [-0.15, -0.1) is 0 Å². The Balaban J connectivity index is 1.38. The summed E-state index contributed by atoms with van der Waals surface area (Å²) < 4.78 is 13.1. The predicted molar refractivity (Wildman–Crippen MR) is 114 cm³/mol. The molecule has 0 bridgehead atoms. The van der Waals surface area contributed by atoms with Crippen LogP contribution in [0.2, 0.25) is 0 Å². The Hall–Kier alpha value is -3.42. The van der Waals surface area contributed by atoms with E-state index in [4.69, 9.17) is 0 Å². The summed E-state index contributed by atoms with van der Waals surface area (Å²) in [4.78, 5) is 43.1. The van der Waals surface area contributed by atoms with Crippen molar-refractivity contribution in [2.75, 3.05) is 37.6 Å². The smallest absolute Gasteiger partial charge is 0.325 e. The van der Waals surface area contributed by atoms with Crippen molar-refractivity contribution in [2.24, 2.45) is 0 Å². The second kappa shape index (κ2) is 8.02. The summed E-state index contributed by atoms with van der Waals surface area (Å²) in [5.74, 6) is -0.987. The molecule has 162 valence electrons. The standard InChI is InChI=1S/C23H25FN4O3/c1-16-3-5-17(6-4-16)23(2)21(30)28(22(31)25-23)15-20(29)27-13-11-26(12-14-27)19-9-7-18(24)8-10-19/h3-10H,11-15H2,1-2H3,(H,25,31). The predicted octanol–water partition coefficient (Wildman–Crippen LogP) is 2.25. The molecule has 0 aromatic heterocycles. The highest BCUT2D eigenvalue weighted by Crippen LogP contribution is 2.29. The minimum Gasteiger partial charge on any atom is -0.368 e. The first kappa shape index (κ1) is 20.8. The molecule has 2 aliphatic rings. The number of halogens is 1. The first-order valence-corrected chi connectivity index (χ1v) is 10.3. The number of anilines is 1. The van der Waals surface area contributed by atoms with Gasteiger partial charge in [-0.2, -0.15) is 0 Å². The monoisotopic (exact) mass is 424 g/mol. The first-order chi connectivity index (χ1) is 14.8. The maximum Gasteiger partial charge on any atom is 0.325 e. The number of imide groups is 1. The summed E-state index contributed by atoms with van der Waals surface area (Å²) in [5, 5.41) is 2.74. The van der Waals surface area contributed by atoms with Crippen molar-refractivity contribution in [1.29, 1.82) is 0 Å². The minimum atomic E-state index is -1.19. The maximum atomic E-state index is 13.1. The minimum absolute atomic E-state index is 0.268. The van der Waals surface area contributed by atoms with Gasteiger partial charge in [-0.05, 0) is 43.7 Å². The van der Waals surface area contributed by atoms with Crippen LogP contribution in [-0.2, 0) is 15.1 Å². The van der Waals surface area contributed by atoms with Crippen LogP contribution in [0.1, 0.15) is 18.1 Å². The van der Waals surface area contributed by atoms with E-state index in [0.717, 1.165) is 16.2 Å². The van der Waals surface area contributed by atoms with Gasteiger partial charge < -0.3 is 15.1 Å². The number of amides is 4. The molecule has 1 unspecified atom stereocenters. The third-order valence-corrected chi connectivity index (χ3v) is 6.02. The zero-order valence-corrected chi connectivity index (χ0v) is 17.6. The van der Waals surface area contributed by atoms with Gasteiger partial charge in [-0.1, -0.05) is 29.8 Å². The number of nitrogens with one attached hydrogen (secondary N) is 1. The highest BCUT2D eigenvalue weighted by atomic mass is 19.1. The van der Waals surface area contributed by atoms with E-state index in [-0.39, 0.29) is 18.3 Å². The molecule has 7 nitrogen and oxygen atoms in total. The maximum absolute atomic E-state index is 13.1. The Morgan fingerprint density at radius 1 is 1.00 bits per heavy atom. The fraction of sp³-hybridized carbons (Fsp3) is 0.348. The molecule has 4 rings (SSSR count). The van der Waals surface area contributed by atoms with E-state index in [1.807, 2.05) is 31.2 Å². The second-order valence-corrected chi connectivity index (χ2v) is 8.16. The first-order valence-electron chi connectivity index (χ1n) is 10.3. The second-order valence-electron chi connectivity index (χ2n) is 8.16. The van der Waals surface area contributed by atoms with Gasteiger partial charge in [0.2, 0.25) is 5.91 Å². The number of benzene rings is 2. The van der Waals surface area contributed by atoms with Crippen molar-refractivity contribution < 1.29 is 18.8 Å². The molecular formula is C23H25FN4O3. The summed E-state index contributed by atoms with van der Waals surface area (Å²) in [6.45, 7) is 5.44. The van der Waals surface area contributed by atoms with Crippen molar-refractivity contribution in [1.82, 2.24) is 15.1 Å². The van der Waals surface area contributed by atoms with Gasteiger partial charge in [-0.3, -0.25) is 14.5 Å². The number of piperazine rings is 1.